The molecule has 1 aromatic carbocycles. The average Bonchev–Trinajstić information content (AvgIpc) is 2.77. The first-order chi connectivity index (χ1) is 9.47. The minimum absolute atomic E-state index is 0.0985. The molecule has 0 bridgehead atoms. The number of benzene rings is 1. The van der Waals surface area contributed by atoms with Crippen LogP contribution in [0.3, 0.4) is 0 Å². The third-order valence-corrected chi connectivity index (χ3v) is 3.71. The number of carbonyl (C=O) groups excluding carboxylic acids is 2. The van der Waals surface area contributed by atoms with Gasteiger partial charge in [0.2, 0.25) is 11.8 Å². The van der Waals surface area contributed by atoms with Crippen LogP contribution in [-0.4, -0.2) is 29.8 Å². The van der Waals surface area contributed by atoms with Gasteiger partial charge >= 0.3 is 0 Å². The zero-order valence-corrected chi connectivity index (χ0v) is 12.3. The van der Waals surface area contributed by atoms with Crippen LogP contribution in [0.5, 0.6) is 0 Å². The maximum atomic E-state index is 11.9. The van der Waals surface area contributed by atoms with E-state index in [1.165, 1.54) is 12.1 Å². The van der Waals surface area contributed by atoms with Gasteiger partial charge in [-0.3, -0.25) is 9.59 Å². The summed E-state index contributed by atoms with van der Waals surface area (Å²) in [6.07, 6.45) is 1.64. The summed E-state index contributed by atoms with van der Waals surface area (Å²) < 4.78 is 0. The van der Waals surface area contributed by atoms with Crippen LogP contribution in [0.2, 0.25) is 10.0 Å². The molecule has 108 valence electrons. The summed E-state index contributed by atoms with van der Waals surface area (Å²) in [5.74, 6) is -0.139. The van der Waals surface area contributed by atoms with Gasteiger partial charge in [-0.05, 0) is 18.6 Å². The molecular weight excluding hydrogens is 301 g/mol. The number of nitrogen functional groups attached to an aromatic ring is 1. The van der Waals surface area contributed by atoms with Crippen molar-refractivity contribution in [3.63, 3.8) is 0 Å². The van der Waals surface area contributed by atoms with Gasteiger partial charge in [-0.15, -0.1) is 0 Å². The van der Waals surface area contributed by atoms with Crippen LogP contribution in [0.4, 0.5) is 11.4 Å². The van der Waals surface area contributed by atoms with E-state index in [1.54, 1.807) is 4.90 Å². The van der Waals surface area contributed by atoms with Gasteiger partial charge in [0.05, 0.1) is 15.7 Å². The molecule has 1 aliphatic rings. The second-order valence-corrected chi connectivity index (χ2v) is 5.46. The lowest BCUT2D eigenvalue weighted by Gasteiger charge is -2.15. The zero-order chi connectivity index (χ0) is 14.7. The molecule has 20 heavy (non-hydrogen) atoms. The highest BCUT2D eigenvalue weighted by Crippen LogP contribution is 2.32. The lowest BCUT2D eigenvalue weighted by molar-refractivity contribution is -0.128. The molecule has 1 aliphatic heterocycles. The van der Waals surface area contributed by atoms with Crippen molar-refractivity contribution < 1.29 is 9.59 Å². The van der Waals surface area contributed by atoms with Gasteiger partial charge in [-0.2, -0.15) is 0 Å². The van der Waals surface area contributed by atoms with Crippen molar-refractivity contribution in [1.82, 2.24) is 4.90 Å². The van der Waals surface area contributed by atoms with Gasteiger partial charge in [-0.1, -0.05) is 23.2 Å². The van der Waals surface area contributed by atoms with Crippen molar-refractivity contribution in [2.24, 2.45) is 0 Å². The van der Waals surface area contributed by atoms with E-state index in [-0.39, 0.29) is 18.2 Å². The number of hydrogen-bond acceptors (Lipinski definition) is 3. The molecule has 1 aromatic rings. The third kappa shape index (κ3) is 3.55. The monoisotopic (exact) mass is 315 g/mol. The zero-order valence-electron chi connectivity index (χ0n) is 10.8. The van der Waals surface area contributed by atoms with Crippen LogP contribution in [0, 0.1) is 0 Å². The fourth-order valence-corrected chi connectivity index (χ4v) is 2.69. The smallest absolute Gasteiger partial charge is 0.226 e. The van der Waals surface area contributed by atoms with Gasteiger partial charge in [0.15, 0.2) is 0 Å². The van der Waals surface area contributed by atoms with Crippen LogP contribution in [0.1, 0.15) is 19.3 Å². The van der Waals surface area contributed by atoms with E-state index in [9.17, 15) is 9.59 Å². The summed E-state index contributed by atoms with van der Waals surface area (Å²) >= 11 is 12.0. The van der Waals surface area contributed by atoms with E-state index in [0.29, 0.717) is 34.4 Å². The van der Waals surface area contributed by atoms with Gasteiger partial charge < -0.3 is 16.0 Å². The first kappa shape index (κ1) is 14.9. The maximum absolute atomic E-state index is 11.9. The Bertz CT molecular complexity index is 525. The maximum Gasteiger partial charge on any atom is 0.226 e. The quantitative estimate of drug-likeness (QED) is 0.838. The molecule has 2 amide bonds. The van der Waals surface area contributed by atoms with Crippen LogP contribution in [0.15, 0.2) is 12.1 Å². The van der Waals surface area contributed by atoms with E-state index in [4.69, 9.17) is 28.9 Å². The Morgan fingerprint density at radius 1 is 1.35 bits per heavy atom. The summed E-state index contributed by atoms with van der Waals surface area (Å²) in [7, 11) is 0. The standard InChI is InChI=1S/C13H15Cl2N3O2/c14-9-6-8(16)7-10(15)13(9)17-11(19)3-5-18-4-1-2-12(18)20/h6-7H,1-5,16H2,(H,17,19). The van der Waals surface area contributed by atoms with Crippen molar-refractivity contribution in [1.29, 1.82) is 0 Å². The number of hydrogen-bond donors (Lipinski definition) is 2. The number of nitrogens with one attached hydrogen (secondary N) is 1. The molecule has 0 aliphatic carbocycles. The van der Waals surface area contributed by atoms with Crippen LogP contribution in [-0.2, 0) is 9.59 Å². The van der Waals surface area contributed by atoms with Crippen LogP contribution in [0.25, 0.3) is 0 Å². The Kier molecular flexibility index (Phi) is 4.73. The third-order valence-electron chi connectivity index (χ3n) is 3.11. The fraction of sp³-hybridized carbons (Fsp3) is 0.385. The molecule has 7 heteroatoms. The largest absolute Gasteiger partial charge is 0.399 e. The van der Waals surface area contributed by atoms with Gasteiger partial charge in [0.1, 0.15) is 0 Å². The molecule has 0 unspecified atom stereocenters. The molecule has 0 radical (unpaired) electrons. The summed E-state index contributed by atoms with van der Waals surface area (Å²) in [5, 5.41) is 3.23. The number of rotatable bonds is 4. The van der Waals surface area contributed by atoms with E-state index < -0.39 is 0 Å². The SMILES string of the molecule is Nc1cc(Cl)c(NC(=O)CCN2CCCC2=O)c(Cl)c1. The first-order valence-corrected chi connectivity index (χ1v) is 7.05. The molecule has 1 heterocycles. The van der Waals surface area contributed by atoms with E-state index in [1.807, 2.05) is 0 Å². The Hall–Kier alpha value is -1.46. The Morgan fingerprint density at radius 2 is 2.00 bits per heavy atom. The molecular formula is C13H15Cl2N3O2. The van der Waals surface area contributed by atoms with E-state index in [2.05, 4.69) is 5.32 Å². The number of nitrogens with two attached hydrogens (primary N) is 1. The van der Waals surface area contributed by atoms with Crippen molar-refractivity contribution in [3.05, 3.63) is 22.2 Å². The predicted octanol–water partition coefficient (Wildman–Crippen LogP) is 2.53. The van der Waals surface area contributed by atoms with Crippen molar-refractivity contribution >= 4 is 46.4 Å². The molecule has 0 spiro atoms. The van der Waals surface area contributed by atoms with Crippen LogP contribution < -0.4 is 11.1 Å². The normalized spacial score (nSPS) is 14.7. The van der Waals surface area contributed by atoms with Crippen LogP contribution >= 0.6 is 23.2 Å². The number of amides is 2. The summed E-state index contributed by atoms with van der Waals surface area (Å²) in [5.41, 5.74) is 6.37. The minimum atomic E-state index is -0.238. The summed E-state index contributed by atoms with van der Waals surface area (Å²) in [6, 6.07) is 3.04. The Morgan fingerprint density at radius 3 is 2.55 bits per heavy atom. The van der Waals surface area contributed by atoms with E-state index >= 15 is 0 Å². The molecule has 2 rings (SSSR count). The number of likely N-dealkylation sites (tertiary alicyclic amines) is 1. The first-order valence-electron chi connectivity index (χ1n) is 6.29. The second kappa shape index (κ2) is 6.33. The second-order valence-electron chi connectivity index (χ2n) is 4.64. The average molecular weight is 316 g/mol. The summed E-state index contributed by atoms with van der Waals surface area (Å²) in [4.78, 5) is 25.0. The summed E-state index contributed by atoms with van der Waals surface area (Å²) in [6.45, 7) is 1.13. The van der Waals surface area contributed by atoms with Gasteiger partial charge in [0, 0.05) is 31.6 Å². The topological polar surface area (TPSA) is 75.4 Å². The Balaban J connectivity index is 1.93. The van der Waals surface area contributed by atoms with Gasteiger partial charge in [-0.25, -0.2) is 0 Å². The number of halogens is 2. The fourth-order valence-electron chi connectivity index (χ4n) is 2.09. The lowest BCUT2D eigenvalue weighted by Crippen LogP contribution is -2.28. The molecule has 0 atom stereocenters. The van der Waals surface area contributed by atoms with Gasteiger partial charge in [0.25, 0.3) is 0 Å². The lowest BCUT2D eigenvalue weighted by atomic mass is 10.2. The van der Waals surface area contributed by atoms with Crippen molar-refractivity contribution in [2.75, 3.05) is 24.1 Å². The number of nitrogens with zero attached hydrogens (tertiary/aromatic N) is 1. The number of carbonyl (C=O) groups is 2. The molecule has 1 saturated heterocycles. The van der Waals surface area contributed by atoms with E-state index in [0.717, 1.165) is 13.0 Å². The van der Waals surface area contributed by atoms with Crippen molar-refractivity contribution in [2.45, 2.75) is 19.3 Å². The highest BCUT2D eigenvalue weighted by atomic mass is 35.5. The number of anilines is 2. The molecule has 3 N–H and O–H groups in total. The highest BCUT2D eigenvalue weighted by Gasteiger charge is 2.20. The molecule has 0 saturated carbocycles. The molecule has 1 fully saturated rings. The Labute approximate surface area is 127 Å². The molecule has 5 nitrogen and oxygen atoms in total. The predicted molar refractivity (Wildman–Crippen MR) is 79.9 cm³/mol. The van der Waals surface area contributed by atoms with Crippen molar-refractivity contribution in [3.8, 4) is 0 Å². The minimum Gasteiger partial charge on any atom is -0.399 e. The molecule has 0 aromatic heterocycles. The highest BCUT2D eigenvalue weighted by molar-refractivity contribution is 6.40.